The number of amides is 2. The molecule has 6 heteroatoms. The van der Waals surface area contributed by atoms with Gasteiger partial charge in [0.2, 0.25) is 11.8 Å². The van der Waals surface area contributed by atoms with Crippen molar-refractivity contribution in [3.05, 3.63) is 33.8 Å². The van der Waals surface area contributed by atoms with E-state index in [1.807, 2.05) is 19.9 Å². The Balaban J connectivity index is 2.93. The van der Waals surface area contributed by atoms with Gasteiger partial charge < -0.3 is 10.2 Å². The normalized spacial score (nSPS) is 13.3. The van der Waals surface area contributed by atoms with Crippen molar-refractivity contribution in [2.45, 2.75) is 59.2 Å². The molecule has 0 spiro atoms. The summed E-state index contributed by atoms with van der Waals surface area (Å²) in [7, 11) is 0. The maximum atomic E-state index is 12.3. The summed E-state index contributed by atoms with van der Waals surface area (Å²) < 4.78 is 0. The molecule has 1 aromatic carbocycles. The molecule has 0 aliphatic carbocycles. The highest BCUT2D eigenvalue weighted by Crippen LogP contribution is 2.23. The zero-order valence-electron chi connectivity index (χ0n) is 14.0. The van der Waals surface area contributed by atoms with Crippen LogP contribution in [0, 0.1) is 0 Å². The highest BCUT2D eigenvalue weighted by Gasteiger charge is 2.25. The lowest BCUT2D eigenvalue weighted by molar-refractivity contribution is -0.140. The summed E-state index contributed by atoms with van der Waals surface area (Å²) in [6, 6.07) is 4.75. The molecule has 2 amide bonds. The Bertz CT molecular complexity index is 564. The van der Waals surface area contributed by atoms with E-state index in [-0.39, 0.29) is 17.9 Å². The molecule has 0 aliphatic heterocycles. The van der Waals surface area contributed by atoms with Gasteiger partial charge >= 0.3 is 0 Å². The fraction of sp³-hybridized carbons (Fsp3) is 0.529. The van der Waals surface area contributed by atoms with E-state index in [2.05, 4.69) is 5.32 Å². The molecule has 0 saturated heterocycles. The predicted octanol–water partition coefficient (Wildman–Crippen LogP) is 4.04. The number of carbonyl (C=O) groups excluding carboxylic acids is 2. The molecule has 128 valence electrons. The second-order valence-corrected chi connectivity index (χ2v) is 6.43. The minimum atomic E-state index is -0.550. The Kier molecular flexibility index (Phi) is 7.86. The molecule has 1 N–H and O–H groups in total. The fourth-order valence-corrected chi connectivity index (χ4v) is 2.41. The molecule has 0 fully saturated rings. The van der Waals surface area contributed by atoms with Crippen molar-refractivity contribution in [1.29, 1.82) is 0 Å². The highest BCUT2D eigenvalue weighted by molar-refractivity contribution is 6.42. The third-order valence-corrected chi connectivity index (χ3v) is 4.55. The van der Waals surface area contributed by atoms with Crippen LogP contribution < -0.4 is 5.32 Å². The minimum absolute atomic E-state index is 0.0773. The van der Waals surface area contributed by atoms with Gasteiger partial charge in [-0.2, -0.15) is 0 Å². The largest absolute Gasteiger partial charge is 0.352 e. The van der Waals surface area contributed by atoms with E-state index in [1.165, 1.54) is 0 Å². The van der Waals surface area contributed by atoms with Crippen LogP contribution in [0.1, 0.15) is 46.1 Å². The average molecular weight is 359 g/mol. The third kappa shape index (κ3) is 5.70. The van der Waals surface area contributed by atoms with E-state index in [4.69, 9.17) is 23.2 Å². The molecule has 1 rings (SSSR count). The van der Waals surface area contributed by atoms with Crippen molar-refractivity contribution in [2.24, 2.45) is 0 Å². The summed E-state index contributed by atoms with van der Waals surface area (Å²) in [6.07, 6.45) is 1.18. The first-order valence-corrected chi connectivity index (χ1v) is 8.59. The summed E-state index contributed by atoms with van der Waals surface area (Å²) in [5.74, 6) is -0.232. The quantitative estimate of drug-likeness (QED) is 0.799. The number of benzene rings is 1. The van der Waals surface area contributed by atoms with Gasteiger partial charge in [-0.3, -0.25) is 9.59 Å². The molecule has 0 aromatic heterocycles. The van der Waals surface area contributed by atoms with Crippen LogP contribution in [0.15, 0.2) is 18.2 Å². The van der Waals surface area contributed by atoms with Gasteiger partial charge in [-0.15, -0.1) is 0 Å². The van der Waals surface area contributed by atoms with E-state index in [0.717, 1.165) is 12.0 Å². The first-order chi connectivity index (χ1) is 10.8. The SMILES string of the molecule is CCC(=O)N(Cc1ccc(Cl)c(Cl)c1)[C@@H](C)C(=O)N[C@@H](C)CC. The van der Waals surface area contributed by atoms with Crippen molar-refractivity contribution in [2.75, 3.05) is 0 Å². The Morgan fingerprint density at radius 3 is 2.35 bits per heavy atom. The molecule has 23 heavy (non-hydrogen) atoms. The van der Waals surface area contributed by atoms with E-state index >= 15 is 0 Å². The number of carbonyl (C=O) groups is 2. The standard InChI is InChI=1S/C17H24Cl2N2O2/c1-5-11(3)20-17(23)12(4)21(16(22)6-2)10-13-7-8-14(18)15(19)9-13/h7-9,11-12H,5-6,10H2,1-4H3,(H,20,23)/t11-,12-/m0/s1. The van der Waals surface area contributed by atoms with Gasteiger partial charge in [0.1, 0.15) is 6.04 Å². The van der Waals surface area contributed by atoms with Crippen molar-refractivity contribution in [3.63, 3.8) is 0 Å². The summed E-state index contributed by atoms with van der Waals surface area (Å²) in [5, 5.41) is 3.81. The van der Waals surface area contributed by atoms with E-state index in [9.17, 15) is 9.59 Å². The van der Waals surface area contributed by atoms with Crippen LogP contribution in [-0.2, 0) is 16.1 Å². The number of hydrogen-bond donors (Lipinski definition) is 1. The van der Waals surface area contributed by atoms with Crippen LogP contribution in [0.2, 0.25) is 10.0 Å². The lowest BCUT2D eigenvalue weighted by Crippen LogP contribution is -2.49. The van der Waals surface area contributed by atoms with Crippen LogP contribution in [0.4, 0.5) is 0 Å². The molecule has 0 saturated carbocycles. The van der Waals surface area contributed by atoms with Crippen LogP contribution in [0.5, 0.6) is 0 Å². The third-order valence-electron chi connectivity index (χ3n) is 3.81. The van der Waals surface area contributed by atoms with Gasteiger partial charge in [-0.05, 0) is 38.0 Å². The highest BCUT2D eigenvalue weighted by atomic mass is 35.5. The number of nitrogens with zero attached hydrogens (tertiary/aromatic N) is 1. The molecule has 4 nitrogen and oxygen atoms in total. The van der Waals surface area contributed by atoms with Crippen LogP contribution >= 0.6 is 23.2 Å². The Morgan fingerprint density at radius 2 is 1.83 bits per heavy atom. The molecule has 0 radical (unpaired) electrons. The van der Waals surface area contributed by atoms with Crippen molar-refractivity contribution < 1.29 is 9.59 Å². The number of halogens is 2. The summed E-state index contributed by atoms with van der Waals surface area (Å²) >= 11 is 11.9. The first-order valence-electron chi connectivity index (χ1n) is 7.83. The minimum Gasteiger partial charge on any atom is -0.352 e. The average Bonchev–Trinajstić information content (AvgIpc) is 2.54. The maximum Gasteiger partial charge on any atom is 0.242 e. The van der Waals surface area contributed by atoms with Gasteiger partial charge in [0.25, 0.3) is 0 Å². The predicted molar refractivity (Wildman–Crippen MR) is 94.7 cm³/mol. The number of hydrogen-bond acceptors (Lipinski definition) is 2. The van der Waals surface area contributed by atoms with Crippen molar-refractivity contribution in [1.82, 2.24) is 10.2 Å². The molecule has 0 heterocycles. The van der Waals surface area contributed by atoms with Crippen molar-refractivity contribution >= 4 is 35.0 Å². The second kappa shape index (κ2) is 9.14. The smallest absolute Gasteiger partial charge is 0.242 e. The molecule has 0 aliphatic rings. The Hall–Kier alpha value is -1.26. The van der Waals surface area contributed by atoms with Gasteiger partial charge in [0.05, 0.1) is 10.0 Å². The summed E-state index contributed by atoms with van der Waals surface area (Å²) in [5.41, 5.74) is 0.837. The number of rotatable bonds is 7. The van der Waals surface area contributed by atoms with E-state index < -0.39 is 6.04 Å². The Morgan fingerprint density at radius 1 is 1.17 bits per heavy atom. The molecular weight excluding hydrogens is 335 g/mol. The first kappa shape index (κ1) is 19.8. The van der Waals surface area contributed by atoms with Crippen molar-refractivity contribution in [3.8, 4) is 0 Å². The van der Waals surface area contributed by atoms with Gasteiger partial charge in [-0.25, -0.2) is 0 Å². The monoisotopic (exact) mass is 358 g/mol. The van der Waals surface area contributed by atoms with Crippen LogP contribution in [0.25, 0.3) is 0 Å². The lowest BCUT2D eigenvalue weighted by atomic mass is 10.1. The molecule has 2 atom stereocenters. The van der Waals surface area contributed by atoms with Crippen LogP contribution in [0.3, 0.4) is 0 Å². The fourth-order valence-electron chi connectivity index (χ4n) is 2.09. The molecular formula is C17H24Cl2N2O2. The zero-order chi connectivity index (χ0) is 17.6. The molecule has 0 unspecified atom stereocenters. The number of nitrogens with one attached hydrogen (secondary N) is 1. The van der Waals surface area contributed by atoms with Crippen LogP contribution in [-0.4, -0.2) is 28.8 Å². The van der Waals surface area contributed by atoms with Gasteiger partial charge in [-0.1, -0.05) is 43.1 Å². The van der Waals surface area contributed by atoms with Gasteiger partial charge in [0, 0.05) is 19.0 Å². The van der Waals surface area contributed by atoms with E-state index in [1.54, 1.807) is 30.9 Å². The zero-order valence-corrected chi connectivity index (χ0v) is 15.5. The van der Waals surface area contributed by atoms with E-state index in [0.29, 0.717) is 23.0 Å². The Labute approximate surface area is 148 Å². The molecule has 0 bridgehead atoms. The summed E-state index contributed by atoms with van der Waals surface area (Å²) in [6.45, 7) is 7.78. The maximum absolute atomic E-state index is 12.3. The second-order valence-electron chi connectivity index (χ2n) is 5.62. The summed E-state index contributed by atoms with van der Waals surface area (Å²) in [4.78, 5) is 26.2. The van der Waals surface area contributed by atoms with Gasteiger partial charge in [0.15, 0.2) is 0 Å². The molecule has 1 aromatic rings. The topological polar surface area (TPSA) is 49.4 Å². The lowest BCUT2D eigenvalue weighted by Gasteiger charge is -2.29.